The summed E-state index contributed by atoms with van der Waals surface area (Å²) >= 11 is 0. The zero-order valence-corrected chi connectivity index (χ0v) is 12.4. The normalized spacial score (nSPS) is 11.8. The Hall–Kier alpha value is -2.58. The van der Waals surface area contributed by atoms with Gasteiger partial charge in [0.15, 0.2) is 11.2 Å². The molecule has 114 valence electrons. The third-order valence-corrected chi connectivity index (χ3v) is 3.17. The number of carbonyl (C=O) groups is 1. The predicted octanol–water partition coefficient (Wildman–Crippen LogP) is -0.974. The molecule has 0 radical (unpaired) electrons. The first-order valence-corrected chi connectivity index (χ1v) is 6.34. The average Bonchev–Trinajstić information content (AvgIpc) is 2.75. The number of primary amides is 1. The van der Waals surface area contributed by atoms with Crippen molar-refractivity contribution in [2.24, 2.45) is 19.8 Å². The average molecular weight is 294 g/mol. The Balaban J connectivity index is 2.52. The highest BCUT2D eigenvalue weighted by Gasteiger charge is 2.23. The Morgan fingerprint density at radius 2 is 1.95 bits per heavy atom. The van der Waals surface area contributed by atoms with Crippen LogP contribution in [0.5, 0.6) is 0 Å². The number of aromatic nitrogens is 4. The number of nitrogens with two attached hydrogens (primary N) is 1. The highest BCUT2D eigenvalue weighted by Crippen LogP contribution is 2.17. The van der Waals surface area contributed by atoms with Crippen LogP contribution in [0.2, 0.25) is 0 Å². The number of amides is 1. The number of H-pyrrole nitrogens is 1. The van der Waals surface area contributed by atoms with Crippen LogP contribution in [0.3, 0.4) is 0 Å². The lowest BCUT2D eigenvalue weighted by atomic mass is 10.0. The molecular formula is C12H18N6O3. The van der Waals surface area contributed by atoms with Crippen LogP contribution in [0.25, 0.3) is 11.2 Å². The van der Waals surface area contributed by atoms with E-state index >= 15 is 0 Å². The van der Waals surface area contributed by atoms with Gasteiger partial charge >= 0.3 is 5.69 Å². The van der Waals surface area contributed by atoms with E-state index in [0.29, 0.717) is 5.95 Å². The summed E-state index contributed by atoms with van der Waals surface area (Å²) in [5.41, 5.74) is 4.11. The van der Waals surface area contributed by atoms with Crippen molar-refractivity contribution in [3.05, 3.63) is 20.8 Å². The molecule has 4 N–H and O–H groups in total. The van der Waals surface area contributed by atoms with Crippen LogP contribution in [0.4, 0.5) is 5.95 Å². The van der Waals surface area contributed by atoms with Crippen LogP contribution in [0.15, 0.2) is 9.59 Å². The highest BCUT2D eigenvalue weighted by atomic mass is 16.2. The molecule has 0 bridgehead atoms. The van der Waals surface area contributed by atoms with Gasteiger partial charge in [-0.25, -0.2) is 4.79 Å². The zero-order chi connectivity index (χ0) is 15.9. The van der Waals surface area contributed by atoms with Crippen molar-refractivity contribution >= 4 is 23.0 Å². The fraction of sp³-hybridized carbons (Fsp3) is 0.500. The number of carbonyl (C=O) groups excluding carboxylic acids is 1. The standard InChI is InChI=1S/C12H18N6O3/c1-12(2,5-6(13)19)16-10-14-7-8(15-10)17(3)11(21)18(4)9(7)20/h5H2,1-4H3,(H2,13,19)(H2,14,15,16). The van der Waals surface area contributed by atoms with E-state index < -0.39 is 22.7 Å². The first-order chi connectivity index (χ1) is 9.62. The van der Waals surface area contributed by atoms with Crippen LogP contribution in [0.1, 0.15) is 20.3 Å². The third-order valence-electron chi connectivity index (χ3n) is 3.17. The number of hydrogen-bond donors (Lipinski definition) is 3. The summed E-state index contributed by atoms with van der Waals surface area (Å²) in [5.74, 6) is -0.151. The number of aryl methyl sites for hydroxylation is 1. The summed E-state index contributed by atoms with van der Waals surface area (Å²) in [4.78, 5) is 41.9. The van der Waals surface area contributed by atoms with Gasteiger partial charge in [-0.3, -0.25) is 18.7 Å². The molecule has 2 heterocycles. The van der Waals surface area contributed by atoms with Gasteiger partial charge in [0, 0.05) is 26.1 Å². The van der Waals surface area contributed by atoms with Gasteiger partial charge in [-0.05, 0) is 13.8 Å². The van der Waals surface area contributed by atoms with Gasteiger partial charge in [-0.2, -0.15) is 4.98 Å². The topological polar surface area (TPSA) is 128 Å². The van der Waals surface area contributed by atoms with Crippen molar-refractivity contribution in [2.75, 3.05) is 5.32 Å². The summed E-state index contributed by atoms with van der Waals surface area (Å²) in [7, 11) is 2.93. The van der Waals surface area contributed by atoms with E-state index in [1.165, 1.54) is 18.7 Å². The minimum atomic E-state index is -0.635. The maximum Gasteiger partial charge on any atom is 0.332 e. The van der Waals surface area contributed by atoms with Crippen molar-refractivity contribution in [1.29, 1.82) is 0 Å². The van der Waals surface area contributed by atoms with Gasteiger partial charge in [0.2, 0.25) is 11.9 Å². The SMILES string of the molecule is Cn1c(=O)c2[nH]c(NC(C)(C)CC(N)=O)nc2n(C)c1=O. The van der Waals surface area contributed by atoms with E-state index in [-0.39, 0.29) is 17.6 Å². The molecule has 2 aromatic rings. The lowest BCUT2D eigenvalue weighted by molar-refractivity contribution is -0.118. The van der Waals surface area contributed by atoms with Gasteiger partial charge in [0.1, 0.15) is 0 Å². The van der Waals surface area contributed by atoms with E-state index in [1.807, 2.05) is 0 Å². The van der Waals surface area contributed by atoms with E-state index in [4.69, 9.17) is 5.73 Å². The minimum Gasteiger partial charge on any atom is -0.370 e. The molecule has 21 heavy (non-hydrogen) atoms. The van der Waals surface area contributed by atoms with Gasteiger partial charge in [-0.1, -0.05) is 0 Å². The number of anilines is 1. The summed E-state index contributed by atoms with van der Waals surface area (Å²) < 4.78 is 2.28. The molecule has 1 amide bonds. The fourth-order valence-corrected chi connectivity index (χ4v) is 2.19. The molecular weight excluding hydrogens is 276 g/mol. The fourth-order valence-electron chi connectivity index (χ4n) is 2.19. The van der Waals surface area contributed by atoms with Crippen molar-refractivity contribution in [3.8, 4) is 0 Å². The summed E-state index contributed by atoms with van der Waals surface area (Å²) in [6.07, 6.45) is 0.0982. The molecule has 0 unspecified atom stereocenters. The van der Waals surface area contributed by atoms with Crippen LogP contribution < -0.4 is 22.3 Å². The Morgan fingerprint density at radius 3 is 2.52 bits per heavy atom. The molecule has 0 aromatic carbocycles. The van der Waals surface area contributed by atoms with Crippen LogP contribution >= 0.6 is 0 Å². The van der Waals surface area contributed by atoms with Crippen molar-refractivity contribution in [1.82, 2.24) is 19.1 Å². The second-order valence-corrected chi connectivity index (χ2v) is 5.64. The number of aromatic amines is 1. The van der Waals surface area contributed by atoms with Crippen LogP contribution in [-0.2, 0) is 18.9 Å². The van der Waals surface area contributed by atoms with E-state index in [2.05, 4.69) is 15.3 Å². The summed E-state index contributed by atoms with van der Waals surface area (Å²) in [6.45, 7) is 3.56. The molecule has 0 fully saturated rings. The van der Waals surface area contributed by atoms with Crippen molar-refractivity contribution < 1.29 is 4.79 Å². The molecule has 2 rings (SSSR count). The number of rotatable bonds is 4. The molecule has 0 spiro atoms. The molecule has 0 aliphatic carbocycles. The Bertz CT molecular complexity index is 826. The first-order valence-electron chi connectivity index (χ1n) is 6.34. The molecule has 2 aromatic heterocycles. The predicted molar refractivity (Wildman–Crippen MR) is 78.1 cm³/mol. The van der Waals surface area contributed by atoms with Crippen LogP contribution in [0, 0.1) is 0 Å². The monoisotopic (exact) mass is 294 g/mol. The molecule has 0 saturated heterocycles. The molecule has 0 aliphatic heterocycles. The van der Waals surface area contributed by atoms with Gasteiger partial charge < -0.3 is 16.0 Å². The molecule has 9 heteroatoms. The Labute approximate surface area is 119 Å². The highest BCUT2D eigenvalue weighted by molar-refractivity contribution is 5.76. The number of imidazole rings is 1. The number of hydrogen-bond acceptors (Lipinski definition) is 5. The molecule has 9 nitrogen and oxygen atoms in total. The number of nitrogens with one attached hydrogen (secondary N) is 2. The lowest BCUT2D eigenvalue weighted by Crippen LogP contribution is -2.36. The van der Waals surface area contributed by atoms with Gasteiger partial charge in [0.25, 0.3) is 5.56 Å². The molecule has 0 saturated carbocycles. The quantitative estimate of drug-likeness (QED) is 0.668. The van der Waals surface area contributed by atoms with Gasteiger partial charge in [-0.15, -0.1) is 0 Å². The largest absolute Gasteiger partial charge is 0.370 e. The maximum atomic E-state index is 12.0. The van der Waals surface area contributed by atoms with Gasteiger partial charge in [0.05, 0.1) is 0 Å². The molecule has 0 aliphatic rings. The second-order valence-electron chi connectivity index (χ2n) is 5.64. The lowest BCUT2D eigenvalue weighted by Gasteiger charge is -2.24. The minimum absolute atomic E-state index is 0.0982. The number of nitrogens with zero attached hydrogens (tertiary/aromatic N) is 3. The third kappa shape index (κ3) is 2.67. The van der Waals surface area contributed by atoms with E-state index in [9.17, 15) is 14.4 Å². The second kappa shape index (κ2) is 4.76. The number of fused-ring (bicyclic) bond motifs is 1. The maximum absolute atomic E-state index is 12.0. The summed E-state index contributed by atoms with van der Waals surface area (Å²) in [5, 5.41) is 3.00. The summed E-state index contributed by atoms with van der Waals surface area (Å²) in [6, 6.07) is 0. The van der Waals surface area contributed by atoms with Crippen molar-refractivity contribution in [2.45, 2.75) is 25.8 Å². The van der Waals surface area contributed by atoms with Crippen molar-refractivity contribution in [3.63, 3.8) is 0 Å². The van der Waals surface area contributed by atoms with E-state index in [1.54, 1.807) is 13.8 Å². The van der Waals surface area contributed by atoms with E-state index in [0.717, 1.165) is 4.57 Å². The Morgan fingerprint density at radius 1 is 1.33 bits per heavy atom. The van der Waals surface area contributed by atoms with Crippen LogP contribution in [-0.4, -0.2) is 30.5 Å². The Kier molecular flexibility index (Phi) is 3.36. The molecule has 0 atom stereocenters. The smallest absolute Gasteiger partial charge is 0.332 e. The first kappa shape index (κ1) is 14.8. The zero-order valence-electron chi connectivity index (χ0n) is 12.4.